The number of nitrogens with one attached hydrogen (secondary N) is 1. The summed E-state index contributed by atoms with van der Waals surface area (Å²) in [4.78, 5) is 0. The second-order valence-corrected chi connectivity index (χ2v) is 6.12. The minimum atomic E-state index is -0.886. The van der Waals surface area contributed by atoms with E-state index in [9.17, 15) is 13.9 Å². The van der Waals surface area contributed by atoms with Gasteiger partial charge in [0.15, 0.2) is 17.4 Å². The average molecular weight is 386 g/mol. The van der Waals surface area contributed by atoms with Crippen LogP contribution in [0.2, 0.25) is 0 Å². The fraction of sp³-hybridized carbons (Fsp3) is 0.294. The Hall–Kier alpha value is -1.50. The number of rotatable bonds is 7. The molecule has 0 saturated heterocycles. The van der Waals surface area contributed by atoms with Crippen molar-refractivity contribution in [2.45, 2.75) is 19.1 Å². The number of halogens is 3. The van der Waals surface area contributed by atoms with Crippen LogP contribution in [0.4, 0.5) is 8.78 Å². The first-order valence-corrected chi connectivity index (χ1v) is 8.00. The number of hydrogen-bond donors (Lipinski definition) is 2. The van der Waals surface area contributed by atoms with Crippen molar-refractivity contribution in [3.05, 3.63) is 64.1 Å². The third-order valence-corrected chi connectivity index (χ3v) is 3.80. The lowest BCUT2D eigenvalue weighted by Crippen LogP contribution is -2.33. The van der Waals surface area contributed by atoms with Gasteiger partial charge in [-0.15, -0.1) is 0 Å². The molecule has 0 aromatic heterocycles. The maximum Gasteiger partial charge on any atom is 0.190 e. The Morgan fingerprint density at radius 2 is 1.78 bits per heavy atom. The van der Waals surface area contributed by atoms with E-state index >= 15 is 0 Å². The summed E-state index contributed by atoms with van der Waals surface area (Å²) in [6.07, 6.45) is -0.886. The predicted molar refractivity (Wildman–Crippen MR) is 88.4 cm³/mol. The first-order valence-electron chi connectivity index (χ1n) is 7.21. The molecule has 0 saturated carbocycles. The van der Waals surface area contributed by atoms with E-state index in [0.29, 0.717) is 4.47 Å². The van der Waals surface area contributed by atoms with Crippen molar-refractivity contribution in [2.24, 2.45) is 0 Å². The molecule has 23 heavy (non-hydrogen) atoms. The molecule has 0 bridgehead atoms. The summed E-state index contributed by atoms with van der Waals surface area (Å²) in [7, 11) is 0. The highest BCUT2D eigenvalue weighted by molar-refractivity contribution is 9.10. The first-order chi connectivity index (χ1) is 11.0. The van der Waals surface area contributed by atoms with Gasteiger partial charge in [0.1, 0.15) is 12.7 Å². The molecule has 0 aliphatic heterocycles. The van der Waals surface area contributed by atoms with E-state index in [2.05, 4.69) is 21.2 Å². The summed E-state index contributed by atoms with van der Waals surface area (Å²) in [6, 6.07) is 12.0. The summed E-state index contributed by atoms with van der Waals surface area (Å²) >= 11 is 3.00. The number of hydrogen-bond acceptors (Lipinski definition) is 3. The maximum absolute atomic E-state index is 13.6. The third-order valence-electron chi connectivity index (χ3n) is 3.34. The summed E-state index contributed by atoms with van der Waals surface area (Å²) < 4.78 is 32.6. The fourth-order valence-corrected chi connectivity index (χ4v) is 2.48. The van der Waals surface area contributed by atoms with Crippen molar-refractivity contribution in [3.8, 4) is 5.75 Å². The van der Waals surface area contributed by atoms with Crippen molar-refractivity contribution >= 4 is 15.9 Å². The topological polar surface area (TPSA) is 41.5 Å². The van der Waals surface area contributed by atoms with E-state index in [0.717, 1.165) is 17.7 Å². The van der Waals surface area contributed by atoms with E-state index in [-0.39, 0.29) is 19.2 Å². The van der Waals surface area contributed by atoms with Gasteiger partial charge in [-0.1, -0.05) is 46.3 Å². The Morgan fingerprint density at radius 1 is 1.17 bits per heavy atom. The zero-order chi connectivity index (χ0) is 16.8. The van der Waals surface area contributed by atoms with Crippen molar-refractivity contribution in [2.75, 3.05) is 13.2 Å². The standard InChI is InChI=1S/C17H18BrF2NO2/c1-11(12-5-3-2-4-6-12)21-9-14(22)10-23-17-15(19)7-13(18)8-16(17)20/h2-8,11,14,21-22H,9-10H2,1H3/t11-,14+/m1/s1. The van der Waals surface area contributed by atoms with Crippen LogP contribution in [0.15, 0.2) is 46.9 Å². The van der Waals surface area contributed by atoms with Crippen LogP contribution in [-0.4, -0.2) is 24.4 Å². The Balaban J connectivity index is 1.83. The van der Waals surface area contributed by atoms with Gasteiger partial charge in [0, 0.05) is 17.1 Å². The van der Waals surface area contributed by atoms with Gasteiger partial charge in [-0.05, 0) is 24.6 Å². The summed E-state index contributed by atoms with van der Waals surface area (Å²) in [5.74, 6) is -2.10. The molecule has 0 spiro atoms. The van der Waals surface area contributed by atoms with E-state index < -0.39 is 23.5 Å². The zero-order valence-corrected chi connectivity index (χ0v) is 14.2. The Bertz CT molecular complexity index is 617. The van der Waals surface area contributed by atoms with Crippen LogP contribution < -0.4 is 10.1 Å². The molecule has 3 nitrogen and oxygen atoms in total. The predicted octanol–water partition coefficient (Wildman–Crippen LogP) is 3.82. The molecule has 0 unspecified atom stereocenters. The van der Waals surface area contributed by atoms with Gasteiger partial charge < -0.3 is 15.2 Å². The number of benzene rings is 2. The molecular weight excluding hydrogens is 368 g/mol. The molecule has 2 N–H and O–H groups in total. The van der Waals surface area contributed by atoms with E-state index in [1.807, 2.05) is 37.3 Å². The molecule has 0 amide bonds. The minimum absolute atomic E-state index is 0.0482. The molecule has 0 aliphatic carbocycles. The number of aliphatic hydroxyl groups is 1. The molecule has 2 atom stereocenters. The molecule has 0 aliphatic rings. The smallest absolute Gasteiger partial charge is 0.190 e. The van der Waals surface area contributed by atoms with Crippen molar-refractivity contribution in [1.82, 2.24) is 5.32 Å². The summed E-state index contributed by atoms with van der Waals surface area (Å²) in [5.41, 5.74) is 1.09. The highest BCUT2D eigenvalue weighted by atomic mass is 79.9. The second kappa shape index (κ2) is 8.38. The molecule has 0 radical (unpaired) electrons. The lowest BCUT2D eigenvalue weighted by Gasteiger charge is -2.18. The molecule has 2 aromatic carbocycles. The average Bonchev–Trinajstić information content (AvgIpc) is 2.52. The van der Waals surface area contributed by atoms with Crippen LogP contribution in [0, 0.1) is 11.6 Å². The van der Waals surface area contributed by atoms with Crippen molar-refractivity contribution < 1.29 is 18.6 Å². The minimum Gasteiger partial charge on any atom is -0.485 e. The van der Waals surface area contributed by atoms with E-state index in [1.54, 1.807) is 0 Å². The van der Waals surface area contributed by atoms with Crippen LogP contribution in [-0.2, 0) is 0 Å². The Morgan fingerprint density at radius 3 is 2.39 bits per heavy atom. The van der Waals surface area contributed by atoms with Crippen molar-refractivity contribution in [3.63, 3.8) is 0 Å². The maximum atomic E-state index is 13.6. The van der Waals surface area contributed by atoms with Gasteiger partial charge in [-0.2, -0.15) is 0 Å². The van der Waals surface area contributed by atoms with Crippen LogP contribution in [0.25, 0.3) is 0 Å². The quantitative estimate of drug-likeness (QED) is 0.761. The van der Waals surface area contributed by atoms with Gasteiger partial charge in [0.2, 0.25) is 0 Å². The SMILES string of the molecule is C[C@@H](NC[C@H](O)COc1c(F)cc(Br)cc1F)c1ccccc1. The van der Waals surface area contributed by atoms with Gasteiger partial charge in [0.25, 0.3) is 0 Å². The summed E-state index contributed by atoms with van der Waals surface area (Å²) in [5, 5.41) is 13.0. The van der Waals surface area contributed by atoms with Crippen LogP contribution in [0.5, 0.6) is 5.75 Å². The summed E-state index contributed by atoms with van der Waals surface area (Å²) in [6.45, 7) is 2.01. The van der Waals surface area contributed by atoms with E-state index in [4.69, 9.17) is 4.74 Å². The highest BCUT2D eigenvalue weighted by Gasteiger charge is 2.15. The Kier molecular flexibility index (Phi) is 6.50. The molecule has 2 aromatic rings. The van der Waals surface area contributed by atoms with Gasteiger partial charge in [0.05, 0.1) is 0 Å². The normalized spacial score (nSPS) is 13.6. The third kappa shape index (κ3) is 5.27. The second-order valence-electron chi connectivity index (χ2n) is 5.20. The van der Waals surface area contributed by atoms with E-state index in [1.165, 1.54) is 0 Å². The molecule has 2 rings (SSSR count). The van der Waals surface area contributed by atoms with Gasteiger partial charge in [-0.3, -0.25) is 0 Å². The molecule has 0 fully saturated rings. The van der Waals surface area contributed by atoms with Gasteiger partial charge >= 0.3 is 0 Å². The number of aliphatic hydroxyl groups excluding tert-OH is 1. The van der Waals surface area contributed by atoms with Gasteiger partial charge in [-0.25, -0.2) is 8.78 Å². The zero-order valence-electron chi connectivity index (χ0n) is 12.6. The monoisotopic (exact) mass is 385 g/mol. The highest BCUT2D eigenvalue weighted by Crippen LogP contribution is 2.25. The van der Waals surface area contributed by atoms with Crippen LogP contribution in [0.3, 0.4) is 0 Å². The molecule has 124 valence electrons. The first kappa shape index (κ1) is 17.8. The lowest BCUT2D eigenvalue weighted by molar-refractivity contribution is 0.0993. The molecule has 6 heteroatoms. The Labute approximate surface area is 142 Å². The molecule has 0 heterocycles. The largest absolute Gasteiger partial charge is 0.485 e. The van der Waals surface area contributed by atoms with Crippen LogP contribution in [0.1, 0.15) is 18.5 Å². The molecular formula is C17H18BrF2NO2. The van der Waals surface area contributed by atoms with Crippen molar-refractivity contribution in [1.29, 1.82) is 0 Å². The van der Waals surface area contributed by atoms with Crippen LogP contribution >= 0.6 is 15.9 Å². The fourth-order valence-electron chi connectivity index (χ4n) is 2.08. The number of ether oxygens (including phenoxy) is 1. The lowest BCUT2D eigenvalue weighted by atomic mass is 10.1.